The van der Waals surface area contributed by atoms with Crippen molar-refractivity contribution >= 4 is 46.4 Å². The Morgan fingerprint density at radius 1 is 1.08 bits per heavy atom. The second kappa shape index (κ2) is 9.22. The van der Waals surface area contributed by atoms with E-state index in [1.54, 1.807) is 49.4 Å². The Kier molecular flexibility index (Phi) is 7.00. The van der Waals surface area contributed by atoms with Crippen LogP contribution in [0.1, 0.15) is 19.4 Å². The van der Waals surface area contributed by atoms with E-state index in [2.05, 4.69) is 15.8 Å². The lowest BCUT2D eigenvalue weighted by Gasteiger charge is -2.07. The minimum absolute atomic E-state index is 0.395. The lowest BCUT2D eigenvalue weighted by Crippen LogP contribution is -2.32. The van der Waals surface area contributed by atoms with E-state index in [0.717, 1.165) is 0 Å². The number of carbonyl (C=O) groups is 2. The number of hydrogen-bond acceptors (Lipinski definition) is 4. The van der Waals surface area contributed by atoms with E-state index in [1.807, 2.05) is 6.92 Å². The first kappa shape index (κ1) is 19.8. The van der Waals surface area contributed by atoms with Gasteiger partial charge in [0.05, 0.1) is 17.3 Å². The number of rotatable bonds is 5. The number of anilines is 1. The van der Waals surface area contributed by atoms with Crippen molar-refractivity contribution < 1.29 is 14.3 Å². The molecule has 0 spiro atoms. The summed E-state index contributed by atoms with van der Waals surface area (Å²) in [5.41, 5.74) is 3.70. The van der Waals surface area contributed by atoms with Gasteiger partial charge >= 0.3 is 11.8 Å². The molecule has 2 amide bonds. The molecule has 0 saturated heterocycles. The highest BCUT2D eigenvalue weighted by atomic mass is 35.5. The standard InChI is InChI=1S/C18H17Cl2N3O3/c1-3-26-14-7-5-13(6-8-14)21-17(24)18(25)23-22-11(2)15-9-4-12(19)10-16(15)20/h4-10H,3H2,1-2H3,(H,21,24)(H,23,25)/b22-11+. The molecule has 0 unspecified atom stereocenters. The van der Waals surface area contributed by atoms with E-state index in [4.69, 9.17) is 27.9 Å². The summed E-state index contributed by atoms with van der Waals surface area (Å²) in [7, 11) is 0. The average Bonchev–Trinajstić information content (AvgIpc) is 2.61. The van der Waals surface area contributed by atoms with E-state index in [-0.39, 0.29) is 0 Å². The van der Waals surface area contributed by atoms with Crippen molar-refractivity contribution in [1.29, 1.82) is 0 Å². The molecule has 0 aromatic heterocycles. The Morgan fingerprint density at radius 3 is 2.38 bits per heavy atom. The van der Waals surface area contributed by atoms with Crippen LogP contribution in [0, 0.1) is 0 Å². The van der Waals surface area contributed by atoms with E-state index in [9.17, 15) is 9.59 Å². The van der Waals surface area contributed by atoms with Crippen LogP contribution < -0.4 is 15.5 Å². The first-order chi connectivity index (χ1) is 12.4. The van der Waals surface area contributed by atoms with Gasteiger partial charge in [0.2, 0.25) is 0 Å². The van der Waals surface area contributed by atoms with E-state index < -0.39 is 11.8 Å². The molecule has 0 bridgehead atoms. The molecule has 2 aromatic rings. The summed E-state index contributed by atoms with van der Waals surface area (Å²) >= 11 is 11.9. The lowest BCUT2D eigenvalue weighted by molar-refractivity contribution is -0.136. The third kappa shape index (κ3) is 5.47. The van der Waals surface area contributed by atoms with Gasteiger partial charge in [-0.3, -0.25) is 9.59 Å². The molecule has 6 nitrogen and oxygen atoms in total. The van der Waals surface area contributed by atoms with Crippen LogP contribution in [0.25, 0.3) is 0 Å². The zero-order valence-electron chi connectivity index (χ0n) is 14.2. The largest absolute Gasteiger partial charge is 0.494 e. The fourth-order valence-electron chi connectivity index (χ4n) is 2.02. The number of benzene rings is 2. The highest BCUT2D eigenvalue weighted by molar-refractivity contribution is 6.40. The number of carbonyl (C=O) groups excluding carboxylic acids is 2. The Bertz CT molecular complexity index is 836. The summed E-state index contributed by atoms with van der Waals surface area (Å²) in [6.45, 7) is 4.07. The Morgan fingerprint density at radius 2 is 1.77 bits per heavy atom. The van der Waals surface area contributed by atoms with Gasteiger partial charge in [-0.2, -0.15) is 5.10 Å². The maximum atomic E-state index is 11.9. The highest BCUT2D eigenvalue weighted by Gasteiger charge is 2.14. The van der Waals surface area contributed by atoms with Crippen LogP contribution in [-0.4, -0.2) is 24.1 Å². The normalized spacial score (nSPS) is 11.0. The molecule has 26 heavy (non-hydrogen) atoms. The van der Waals surface area contributed by atoms with Crippen molar-refractivity contribution in [3.05, 3.63) is 58.1 Å². The predicted octanol–water partition coefficient (Wildman–Crippen LogP) is 3.87. The molecule has 2 rings (SSSR count). The number of hydrazone groups is 1. The molecule has 0 fully saturated rings. The summed E-state index contributed by atoms with van der Waals surface area (Å²) in [5.74, 6) is -1.06. The minimum Gasteiger partial charge on any atom is -0.494 e. The number of amides is 2. The molecular formula is C18H17Cl2N3O3. The average molecular weight is 394 g/mol. The number of hydrogen-bond donors (Lipinski definition) is 2. The fraction of sp³-hybridized carbons (Fsp3) is 0.167. The van der Waals surface area contributed by atoms with Gasteiger partial charge in [-0.1, -0.05) is 29.3 Å². The predicted molar refractivity (Wildman–Crippen MR) is 103 cm³/mol. The van der Waals surface area contributed by atoms with E-state index in [0.29, 0.717) is 39.4 Å². The summed E-state index contributed by atoms with van der Waals surface area (Å²) in [5, 5.41) is 7.26. The van der Waals surface area contributed by atoms with Crippen LogP contribution in [0.3, 0.4) is 0 Å². The van der Waals surface area contributed by atoms with Gasteiger partial charge in [-0.25, -0.2) is 5.43 Å². The SMILES string of the molecule is CCOc1ccc(NC(=O)C(=O)N/N=C(\C)c2ccc(Cl)cc2Cl)cc1. The lowest BCUT2D eigenvalue weighted by atomic mass is 10.1. The topological polar surface area (TPSA) is 79.8 Å². The maximum absolute atomic E-state index is 11.9. The van der Waals surface area contributed by atoms with Gasteiger partial charge in [0.25, 0.3) is 0 Å². The molecule has 0 radical (unpaired) electrons. The summed E-state index contributed by atoms with van der Waals surface area (Å²) in [6, 6.07) is 11.6. The van der Waals surface area contributed by atoms with Gasteiger partial charge < -0.3 is 10.1 Å². The third-order valence-electron chi connectivity index (χ3n) is 3.28. The Labute approximate surface area is 161 Å². The fourth-order valence-corrected chi connectivity index (χ4v) is 2.56. The second-order valence-corrected chi connectivity index (χ2v) is 6.02. The van der Waals surface area contributed by atoms with Crippen LogP contribution in [0.5, 0.6) is 5.75 Å². The third-order valence-corrected chi connectivity index (χ3v) is 3.82. The molecule has 0 atom stereocenters. The van der Waals surface area contributed by atoms with Gasteiger partial charge in [0.1, 0.15) is 5.75 Å². The van der Waals surface area contributed by atoms with Crippen LogP contribution in [0.4, 0.5) is 5.69 Å². The molecule has 8 heteroatoms. The maximum Gasteiger partial charge on any atom is 0.329 e. The number of ether oxygens (including phenoxy) is 1. The van der Waals surface area contributed by atoms with Crippen molar-refractivity contribution in [2.24, 2.45) is 5.10 Å². The first-order valence-electron chi connectivity index (χ1n) is 7.74. The highest BCUT2D eigenvalue weighted by Crippen LogP contribution is 2.21. The molecule has 0 aliphatic heterocycles. The Hall–Kier alpha value is -2.57. The van der Waals surface area contributed by atoms with Gasteiger partial charge in [0.15, 0.2) is 0 Å². The van der Waals surface area contributed by atoms with Crippen molar-refractivity contribution in [3.63, 3.8) is 0 Å². The monoisotopic (exact) mass is 393 g/mol. The summed E-state index contributed by atoms with van der Waals surface area (Å²) < 4.78 is 5.31. The van der Waals surface area contributed by atoms with E-state index >= 15 is 0 Å². The van der Waals surface area contributed by atoms with Crippen LogP contribution in [0.15, 0.2) is 47.6 Å². The molecule has 0 aliphatic rings. The smallest absolute Gasteiger partial charge is 0.329 e. The van der Waals surface area contributed by atoms with Gasteiger partial charge in [-0.15, -0.1) is 0 Å². The summed E-state index contributed by atoms with van der Waals surface area (Å²) in [4.78, 5) is 23.8. The molecule has 136 valence electrons. The van der Waals surface area contributed by atoms with E-state index in [1.165, 1.54) is 0 Å². The van der Waals surface area contributed by atoms with Crippen molar-refractivity contribution in [2.75, 3.05) is 11.9 Å². The molecule has 0 aliphatic carbocycles. The van der Waals surface area contributed by atoms with Crippen LogP contribution in [0.2, 0.25) is 10.0 Å². The zero-order chi connectivity index (χ0) is 19.1. The molecular weight excluding hydrogens is 377 g/mol. The van der Waals surface area contributed by atoms with Gasteiger partial charge in [0, 0.05) is 16.3 Å². The quantitative estimate of drug-likeness (QED) is 0.459. The van der Waals surface area contributed by atoms with Crippen molar-refractivity contribution in [2.45, 2.75) is 13.8 Å². The molecule has 2 aromatic carbocycles. The molecule has 0 saturated carbocycles. The van der Waals surface area contributed by atoms with Crippen molar-refractivity contribution in [1.82, 2.24) is 5.43 Å². The number of nitrogens with zero attached hydrogens (tertiary/aromatic N) is 1. The zero-order valence-corrected chi connectivity index (χ0v) is 15.7. The Balaban J connectivity index is 1.96. The van der Waals surface area contributed by atoms with Crippen LogP contribution in [-0.2, 0) is 9.59 Å². The molecule has 2 N–H and O–H groups in total. The number of nitrogens with one attached hydrogen (secondary N) is 2. The van der Waals surface area contributed by atoms with Crippen LogP contribution >= 0.6 is 23.2 Å². The number of halogens is 2. The first-order valence-corrected chi connectivity index (χ1v) is 8.50. The molecule has 0 heterocycles. The summed E-state index contributed by atoms with van der Waals surface area (Å²) in [6.07, 6.45) is 0. The van der Waals surface area contributed by atoms with Gasteiger partial charge in [-0.05, 0) is 50.2 Å². The van der Waals surface area contributed by atoms with Crippen molar-refractivity contribution in [3.8, 4) is 5.75 Å². The minimum atomic E-state index is -0.900. The second-order valence-electron chi connectivity index (χ2n) is 5.17.